The molecule has 0 aliphatic carbocycles. The number of methoxy groups -OCH3 is 1. The molecule has 0 amide bonds. The van der Waals surface area contributed by atoms with Crippen LogP contribution in [-0.4, -0.2) is 55.6 Å². The molecule has 4 heteroatoms. The van der Waals surface area contributed by atoms with Crippen molar-refractivity contribution >= 4 is 0 Å². The second kappa shape index (κ2) is 12.8. The van der Waals surface area contributed by atoms with Gasteiger partial charge in [0, 0.05) is 0 Å². The smallest absolute Gasteiger partial charge is 0.137 e. The lowest BCUT2D eigenvalue weighted by molar-refractivity contribution is -0.928. The van der Waals surface area contributed by atoms with Gasteiger partial charge in [-0.05, 0) is 77.1 Å². The summed E-state index contributed by atoms with van der Waals surface area (Å²) in [6.45, 7) is 15.4. The molecule has 1 rings (SSSR count). The molecular formula is C24H42NO3+. The summed E-state index contributed by atoms with van der Waals surface area (Å²) in [4.78, 5) is 0. The maximum atomic E-state index is 10.6. The summed E-state index contributed by atoms with van der Waals surface area (Å²) in [5.74, 6) is 2.27. The highest BCUT2D eigenvalue weighted by Crippen LogP contribution is 2.19. The predicted molar refractivity (Wildman–Crippen MR) is 118 cm³/mol. The van der Waals surface area contributed by atoms with Crippen LogP contribution in [0.1, 0.15) is 53.9 Å². The lowest BCUT2D eigenvalue weighted by Crippen LogP contribution is -2.53. The molecule has 1 aromatic rings. The number of allylic oxidation sites excluding steroid dienone is 2. The van der Waals surface area contributed by atoms with E-state index in [1.165, 1.54) is 24.8 Å². The molecule has 160 valence electrons. The Morgan fingerprint density at radius 2 is 1.68 bits per heavy atom. The van der Waals surface area contributed by atoms with E-state index in [4.69, 9.17) is 9.47 Å². The predicted octanol–water partition coefficient (Wildman–Crippen LogP) is 5.06. The van der Waals surface area contributed by atoms with Crippen molar-refractivity contribution in [2.24, 2.45) is 5.92 Å². The Morgan fingerprint density at radius 3 is 2.21 bits per heavy atom. The lowest BCUT2D eigenvalue weighted by Gasteiger charge is -2.39. The number of rotatable bonds is 14. The van der Waals surface area contributed by atoms with Gasteiger partial charge in [0.2, 0.25) is 0 Å². The molecule has 28 heavy (non-hydrogen) atoms. The SMILES string of the molecule is CC[N+](CC)(CCC(C)CCC=C(C)C)CC(O)COc1ccc(OC)cc1. The fraction of sp³-hybridized carbons (Fsp3) is 0.667. The van der Waals surface area contributed by atoms with E-state index in [1.54, 1.807) is 7.11 Å². The van der Waals surface area contributed by atoms with Crippen molar-refractivity contribution in [2.45, 2.75) is 60.0 Å². The quantitative estimate of drug-likeness (QED) is 0.355. The summed E-state index contributed by atoms with van der Waals surface area (Å²) >= 11 is 0. The van der Waals surface area contributed by atoms with Gasteiger partial charge in [-0.2, -0.15) is 0 Å². The van der Waals surface area contributed by atoms with E-state index in [2.05, 4.69) is 40.7 Å². The van der Waals surface area contributed by atoms with Gasteiger partial charge in [0.15, 0.2) is 0 Å². The van der Waals surface area contributed by atoms with Crippen LogP contribution in [0.4, 0.5) is 0 Å². The van der Waals surface area contributed by atoms with Crippen LogP contribution < -0.4 is 9.47 Å². The van der Waals surface area contributed by atoms with Crippen LogP contribution in [0.25, 0.3) is 0 Å². The van der Waals surface area contributed by atoms with Gasteiger partial charge in [-0.1, -0.05) is 18.6 Å². The monoisotopic (exact) mass is 392 g/mol. The van der Waals surface area contributed by atoms with Gasteiger partial charge in [-0.3, -0.25) is 0 Å². The molecule has 2 atom stereocenters. The molecule has 0 radical (unpaired) electrons. The minimum atomic E-state index is -0.469. The van der Waals surface area contributed by atoms with Crippen molar-refractivity contribution in [3.63, 3.8) is 0 Å². The Balaban J connectivity index is 2.50. The first-order valence-corrected chi connectivity index (χ1v) is 10.8. The molecule has 0 aliphatic rings. The summed E-state index contributed by atoms with van der Waals surface area (Å²) < 4.78 is 11.9. The van der Waals surface area contributed by atoms with Gasteiger partial charge in [0.25, 0.3) is 0 Å². The minimum Gasteiger partial charge on any atom is -0.497 e. The summed E-state index contributed by atoms with van der Waals surface area (Å²) in [7, 11) is 1.65. The fourth-order valence-electron chi connectivity index (χ4n) is 3.55. The number of ether oxygens (including phenoxy) is 2. The molecule has 0 saturated heterocycles. The van der Waals surface area contributed by atoms with Crippen LogP contribution in [0.3, 0.4) is 0 Å². The number of quaternary nitrogens is 1. The van der Waals surface area contributed by atoms with E-state index in [9.17, 15) is 5.11 Å². The van der Waals surface area contributed by atoms with Crippen LogP contribution in [-0.2, 0) is 0 Å². The Kier molecular flexibility index (Phi) is 11.2. The largest absolute Gasteiger partial charge is 0.497 e. The number of benzene rings is 1. The van der Waals surface area contributed by atoms with E-state index < -0.39 is 6.10 Å². The van der Waals surface area contributed by atoms with Crippen molar-refractivity contribution in [1.82, 2.24) is 0 Å². The average molecular weight is 393 g/mol. The molecule has 0 spiro atoms. The maximum absolute atomic E-state index is 10.6. The zero-order valence-electron chi connectivity index (χ0n) is 18.9. The fourth-order valence-corrected chi connectivity index (χ4v) is 3.55. The Labute approximate surface area is 172 Å². The molecule has 1 N–H and O–H groups in total. The van der Waals surface area contributed by atoms with Crippen LogP contribution in [0.2, 0.25) is 0 Å². The molecule has 0 bridgehead atoms. The van der Waals surface area contributed by atoms with Crippen LogP contribution in [0.5, 0.6) is 11.5 Å². The van der Waals surface area contributed by atoms with E-state index in [0.717, 1.165) is 42.2 Å². The molecule has 1 aromatic carbocycles. The third-order valence-electron chi connectivity index (χ3n) is 5.75. The number of hydrogen-bond donors (Lipinski definition) is 1. The van der Waals surface area contributed by atoms with E-state index in [0.29, 0.717) is 12.5 Å². The van der Waals surface area contributed by atoms with E-state index in [1.807, 2.05) is 24.3 Å². The molecule has 0 saturated carbocycles. The number of aliphatic hydroxyl groups is 1. The highest BCUT2D eigenvalue weighted by atomic mass is 16.5. The number of hydrogen-bond acceptors (Lipinski definition) is 3. The van der Waals surface area contributed by atoms with Crippen LogP contribution in [0, 0.1) is 5.92 Å². The van der Waals surface area contributed by atoms with Crippen molar-refractivity contribution in [3.05, 3.63) is 35.9 Å². The zero-order chi connectivity index (χ0) is 21.0. The second-order valence-corrected chi connectivity index (χ2v) is 8.27. The highest BCUT2D eigenvalue weighted by Gasteiger charge is 2.27. The van der Waals surface area contributed by atoms with Crippen molar-refractivity contribution < 1.29 is 19.1 Å². The van der Waals surface area contributed by atoms with Crippen molar-refractivity contribution in [1.29, 1.82) is 0 Å². The second-order valence-electron chi connectivity index (χ2n) is 8.27. The summed E-state index contributed by atoms with van der Waals surface area (Å²) in [5.41, 5.74) is 1.40. The van der Waals surface area contributed by atoms with Gasteiger partial charge < -0.3 is 19.1 Å². The molecule has 2 unspecified atom stereocenters. The first kappa shape index (κ1) is 24.5. The van der Waals surface area contributed by atoms with E-state index in [-0.39, 0.29) is 0 Å². The first-order valence-electron chi connectivity index (χ1n) is 10.8. The molecular weight excluding hydrogens is 350 g/mol. The topological polar surface area (TPSA) is 38.7 Å². The normalized spacial score (nSPS) is 13.7. The first-order chi connectivity index (χ1) is 13.3. The maximum Gasteiger partial charge on any atom is 0.137 e. The number of likely N-dealkylation sites (N-methyl/N-ethyl adjacent to an activating group) is 1. The summed E-state index contributed by atoms with van der Waals surface area (Å²) in [5, 5.41) is 10.6. The standard InChI is InChI=1S/C24H42NO3/c1-7-25(8-2,17-16-21(5)11-9-10-20(3)4)18-22(26)19-28-24-14-12-23(27-6)13-15-24/h10,12-15,21-22,26H,7-9,11,16-19H2,1-6H3/q+1. The van der Waals surface area contributed by atoms with Crippen LogP contribution >= 0.6 is 0 Å². The lowest BCUT2D eigenvalue weighted by atomic mass is 9.99. The zero-order valence-corrected chi connectivity index (χ0v) is 18.9. The molecule has 0 aliphatic heterocycles. The number of aliphatic hydroxyl groups excluding tert-OH is 1. The molecule has 4 nitrogen and oxygen atoms in total. The highest BCUT2D eigenvalue weighted by molar-refractivity contribution is 5.31. The Bertz CT molecular complexity index is 560. The molecule has 0 heterocycles. The van der Waals surface area contributed by atoms with Gasteiger partial charge in [0.05, 0.1) is 26.7 Å². The van der Waals surface area contributed by atoms with Gasteiger partial charge >= 0.3 is 0 Å². The van der Waals surface area contributed by atoms with Crippen molar-refractivity contribution in [2.75, 3.05) is 39.9 Å². The third kappa shape index (κ3) is 9.11. The van der Waals surface area contributed by atoms with Crippen LogP contribution in [0.15, 0.2) is 35.9 Å². The summed E-state index contributed by atoms with van der Waals surface area (Å²) in [6.07, 6.45) is 5.47. The summed E-state index contributed by atoms with van der Waals surface area (Å²) in [6, 6.07) is 7.50. The Morgan fingerprint density at radius 1 is 1.07 bits per heavy atom. The van der Waals surface area contributed by atoms with Gasteiger partial charge in [0.1, 0.15) is 30.8 Å². The molecule has 0 aromatic heterocycles. The molecule has 0 fully saturated rings. The van der Waals surface area contributed by atoms with Crippen molar-refractivity contribution in [3.8, 4) is 11.5 Å². The van der Waals surface area contributed by atoms with Gasteiger partial charge in [-0.15, -0.1) is 0 Å². The third-order valence-corrected chi connectivity index (χ3v) is 5.75. The minimum absolute atomic E-state index is 0.322. The Hall–Kier alpha value is -1.52. The number of nitrogens with zero attached hydrogens (tertiary/aromatic N) is 1. The van der Waals surface area contributed by atoms with E-state index >= 15 is 0 Å². The average Bonchev–Trinajstić information content (AvgIpc) is 2.69. The van der Waals surface area contributed by atoms with Gasteiger partial charge in [-0.25, -0.2) is 0 Å².